The predicted molar refractivity (Wildman–Crippen MR) is 67.3 cm³/mol. The van der Waals surface area contributed by atoms with Crippen LogP contribution in [0.25, 0.3) is 0 Å². The van der Waals surface area contributed by atoms with E-state index in [4.69, 9.17) is 0 Å². The zero-order chi connectivity index (χ0) is 13.1. The van der Waals surface area contributed by atoms with Gasteiger partial charge in [0.25, 0.3) is 0 Å². The number of aromatic nitrogens is 1. The first kappa shape index (κ1) is 12.8. The lowest BCUT2D eigenvalue weighted by Gasteiger charge is -2.09. The maximum atomic E-state index is 13.1. The number of aromatic hydroxyl groups is 1. The van der Waals surface area contributed by atoms with Crippen LogP contribution < -0.4 is 5.32 Å². The zero-order valence-corrected chi connectivity index (χ0v) is 10.7. The third-order valence-electron chi connectivity index (χ3n) is 2.29. The van der Waals surface area contributed by atoms with E-state index in [0.29, 0.717) is 11.8 Å². The van der Waals surface area contributed by atoms with Crippen molar-refractivity contribution in [1.82, 2.24) is 4.98 Å². The fourth-order valence-corrected chi connectivity index (χ4v) is 1.82. The maximum Gasteiger partial charge on any atom is 0.168 e. The summed E-state index contributed by atoms with van der Waals surface area (Å²) in [5.74, 6) is -2.25. The number of hydrogen-bond donors (Lipinski definition) is 2. The minimum absolute atomic E-state index is 0.0959. The lowest BCUT2D eigenvalue weighted by atomic mass is 10.2. The molecular weight excluding hydrogens is 306 g/mol. The molecule has 18 heavy (non-hydrogen) atoms. The van der Waals surface area contributed by atoms with Crippen molar-refractivity contribution < 1.29 is 13.9 Å². The van der Waals surface area contributed by atoms with Gasteiger partial charge >= 0.3 is 0 Å². The van der Waals surface area contributed by atoms with Crippen LogP contribution in [0.4, 0.5) is 14.5 Å². The Labute approximate surface area is 111 Å². The van der Waals surface area contributed by atoms with Gasteiger partial charge in [0.05, 0.1) is 11.9 Å². The Morgan fingerprint density at radius 1 is 1.22 bits per heavy atom. The largest absolute Gasteiger partial charge is 0.505 e. The second-order valence-corrected chi connectivity index (χ2v) is 4.56. The number of pyridine rings is 1. The van der Waals surface area contributed by atoms with Crippen molar-refractivity contribution in [2.24, 2.45) is 0 Å². The van der Waals surface area contributed by atoms with Crippen LogP contribution >= 0.6 is 15.9 Å². The summed E-state index contributed by atoms with van der Waals surface area (Å²) in [5, 5.41) is 12.4. The smallest absolute Gasteiger partial charge is 0.168 e. The SMILES string of the molecule is Oc1c(F)cc(F)cc1CNc1cncc(Br)c1. The van der Waals surface area contributed by atoms with Crippen molar-refractivity contribution in [2.75, 3.05) is 5.32 Å². The van der Waals surface area contributed by atoms with Crippen LogP contribution in [-0.2, 0) is 6.54 Å². The quantitative estimate of drug-likeness (QED) is 0.912. The Hall–Kier alpha value is -1.69. The summed E-state index contributed by atoms with van der Waals surface area (Å²) in [6.07, 6.45) is 3.18. The molecule has 1 heterocycles. The molecule has 2 N–H and O–H groups in total. The number of benzene rings is 1. The average Bonchev–Trinajstić information content (AvgIpc) is 2.32. The molecule has 1 aromatic heterocycles. The van der Waals surface area contributed by atoms with Crippen LogP contribution in [0.5, 0.6) is 5.75 Å². The highest BCUT2D eigenvalue weighted by molar-refractivity contribution is 9.10. The molecule has 0 aliphatic rings. The first-order valence-electron chi connectivity index (χ1n) is 5.07. The van der Waals surface area contributed by atoms with Crippen molar-refractivity contribution in [1.29, 1.82) is 0 Å². The van der Waals surface area contributed by atoms with Gasteiger partial charge < -0.3 is 10.4 Å². The molecule has 0 spiro atoms. The number of halogens is 3. The van der Waals surface area contributed by atoms with E-state index < -0.39 is 17.4 Å². The van der Waals surface area contributed by atoms with Gasteiger partial charge in [-0.15, -0.1) is 0 Å². The van der Waals surface area contributed by atoms with E-state index in [0.717, 1.165) is 10.5 Å². The lowest BCUT2D eigenvalue weighted by Crippen LogP contribution is -2.01. The monoisotopic (exact) mass is 314 g/mol. The van der Waals surface area contributed by atoms with Gasteiger partial charge in [0.2, 0.25) is 0 Å². The molecule has 0 atom stereocenters. The van der Waals surface area contributed by atoms with E-state index in [1.165, 1.54) is 0 Å². The predicted octanol–water partition coefficient (Wildman–Crippen LogP) is 3.44. The normalized spacial score (nSPS) is 10.4. The number of nitrogens with one attached hydrogen (secondary N) is 1. The summed E-state index contributed by atoms with van der Waals surface area (Å²) in [5.41, 5.74) is 0.820. The maximum absolute atomic E-state index is 13.1. The van der Waals surface area contributed by atoms with Crippen LogP contribution in [0.1, 0.15) is 5.56 Å². The Morgan fingerprint density at radius 2 is 2.00 bits per heavy atom. The van der Waals surface area contributed by atoms with E-state index >= 15 is 0 Å². The Kier molecular flexibility index (Phi) is 3.76. The highest BCUT2D eigenvalue weighted by atomic mass is 79.9. The molecule has 0 amide bonds. The summed E-state index contributed by atoms with van der Waals surface area (Å²) in [4.78, 5) is 3.93. The summed E-state index contributed by atoms with van der Waals surface area (Å²) in [7, 11) is 0. The molecule has 0 unspecified atom stereocenters. The molecule has 94 valence electrons. The van der Waals surface area contributed by atoms with E-state index in [-0.39, 0.29) is 12.1 Å². The van der Waals surface area contributed by atoms with Crippen LogP contribution in [-0.4, -0.2) is 10.1 Å². The topological polar surface area (TPSA) is 45.1 Å². The standard InChI is InChI=1S/C12H9BrF2N2O/c13-8-2-10(6-16-5-8)17-4-7-1-9(14)3-11(15)12(7)18/h1-3,5-6,17-18H,4H2. The van der Waals surface area contributed by atoms with Gasteiger partial charge in [0.15, 0.2) is 11.6 Å². The van der Waals surface area contributed by atoms with Gasteiger partial charge in [-0.25, -0.2) is 8.78 Å². The fourth-order valence-electron chi connectivity index (χ4n) is 1.46. The van der Waals surface area contributed by atoms with Crippen molar-refractivity contribution in [2.45, 2.75) is 6.54 Å². The molecule has 2 aromatic rings. The molecular formula is C12H9BrF2N2O. The zero-order valence-electron chi connectivity index (χ0n) is 9.12. The number of phenolic OH excluding ortho intramolecular Hbond substituents is 1. The van der Waals surface area contributed by atoms with E-state index in [1.807, 2.05) is 0 Å². The van der Waals surface area contributed by atoms with Crippen LogP contribution in [0.15, 0.2) is 35.1 Å². The highest BCUT2D eigenvalue weighted by Gasteiger charge is 2.09. The summed E-state index contributed by atoms with van der Waals surface area (Å²) >= 11 is 3.25. The van der Waals surface area contributed by atoms with Gasteiger partial charge in [0, 0.05) is 28.8 Å². The molecule has 6 heteroatoms. The van der Waals surface area contributed by atoms with Gasteiger partial charge in [-0.2, -0.15) is 0 Å². The van der Waals surface area contributed by atoms with Crippen LogP contribution in [0.2, 0.25) is 0 Å². The number of phenols is 1. The molecule has 0 saturated heterocycles. The van der Waals surface area contributed by atoms with Crippen molar-refractivity contribution >= 4 is 21.6 Å². The fraction of sp³-hybridized carbons (Fsp3) is 0.0833. The summed E-state index contributed by atoms with van der Waals surface area (Å²) in [6, 6.07) is 3.48. The van der Waals surface area contributed by atoms with Gasteiger partial charge in [-0.3, -0.25) is 4.98 Å². The number of rotatable bonds is 3. The molecule has 1 aromatic carbocycles. The third kappa shape index (κ3) is 2.95. The minimum Gasteiger partial charge on any atom is -0.505 e. The van der Waals surface area contributed by atoms with Gasteiger partial charge in [0.1, 0.15) is 5.82 Å². The molecule has 0 saturated carbocycles. The first-order valence-corrected chi connectivity index (χ1v) is 5.87. The average molecular weight is 315 g/mol. The summed E-state index contributed by atoms with van der Waals surface area (Å²) in [6.45, 7) is 0.0959. The summed E-state index contributed by atoms with van der Waals surface area (Å²) < 4.78 is 26.9. The first-order chi connectivity index (χ1) is 8.56. The van der Waals surface area contributed by atoms with Crippen molar-refractivity contribution in [3.8, 4) is 5.75 Å². The molecule has 0 aliphatic heterocycles. The second-order valence-electron chi connectivity index (χ2n) is 3.64. The molecule has 0 radical (unpaired) electrons. The Balaban J connectivity index is 2.15. The van der Waals surface area contributed by atoms with Gasteiger partial charge in [-0.05, 0) is 28.1 Å². The lowest BCUT2D eigenvalue weighted by molar-refractivity contribution is 0.422. The Morgan fingerprint density at radius 3 is 2.72 bits per heavy atom. The highest BCUT2D eigenvalue weighted by Crippen LogP contribution is 2.24. The second kappa shape index (κ2) is 5.30. The molecule has 0 aliphatic carbocycles. The van der Waals surface area contributed by atoms with E-state index in [1.54, 1.807) is 18.5 Å². The van der Waals surface area contributed by atoms with E-state index in [9.17, 15) is 13.9 Å². The molecule has 3 nitrogen and oxygen atoms in total. The molecule has 0 bridgehead atoms. The van der Waals surface area contributed by atoms with Crippen LogP contribution in [0, 0.1) is 11.6 Å². The van der Waals surface area contributed by atoms with Crippen molar-refractivity contribution in [3.63, 3.8) is 0 Å². The van der Waals surface area contributed by atoms with Crippen LogP contribution in [0.3, 0.4) is 0 Å². The molecule has 2 rings (SSSR count). The van der Waals surface area contributed by atoms with Crippen molar-refractivity contribution in [3.05, 3.63) is 52.3 Å². The Bertz CT molecular complexity index is 578. The number of anilines is 1. The third-order valence-corrected chi connectivity index (χ3v) is 2.73. The van der Waals surface area contributed by atoms with E-state index in [2.05, 4.69) is 26.2 Å². The number of hydrogen-bond acceptors (Lipinski definition) is 3. The molecule has 0 fully saturated rings. The minimum atomic E-state index is -0.973. The number of nitrogens with zero attached hydrogens (tertiary/aromatic N) is 1. The van der Waals surface area contributed by atoms with Gasteiger partial charge in [-0.1, -0.05) is 0 Å².